The first-order valence-electron chi connectivity index (χ1n) is 6.98. The fourth-order valence-corrected chi connectivity index (χ4v) is 3.50. The number of halogens is 1. The number of ether oxygens (including phenoxy) is 1. The molecule has 5 nitrogen and oxygen atoms in total. The van der Waals surface area contributed by atoms with Gasteiger partial charge in [0.2, 0.25) is 5.91 Å². The van der Waals surface area contributed by atoms with Crippen molar-refractivity contribution < 1.29 is 19.4 Å². The van der Waals surface area contributed by atoms with Crippen LogP contribution >= 0.6 is 23.4 Å². The van der Waals surface area contributed by atoms with Gasteiger partial charge in [-0.15, -0.1) is 11.8 Å². The Hall–Kier alpha value is -1.24. The maximum atomic E-state index is 12.3. The summed E-state index contributed by atoms with van der Waals surface area (Å²) in [5.41, 5.74) is 0.992. The topological polar surface area (TPSA) is 66.8 Å². The zero-order valence-electron chi connectivity index (χ0n) is 12.0. The summed E-state index contributed by atoms with van der Waals surface area (Å²) in [4.78, 5) is 24.8. The van der Waals surface area contributed by atoms with E-state index in [1.54, 1.807) is 4.90 Å². The van der Waals surface area contributed by atoms with Gasteiger partial charge in [-0.05, 0) is 11.6 Å². The van der Waals surface area contributed by atoms with Gasteiger partial charge in [0.05, 0.1) is 31.4 Å². The Kier molecular flexibility index (Phi) is 6.54. The highest BCUT2D eigenvalue weighted by Crippen LogP contribution is 2.21. The first kappa shape index (κ1) is 17.1. The summed E-state index contributed by atoms with van der Waals surface area (Å²) in [5, 5.41) is 9.60. The molecule has 1 aromatic rings. The number of rotatable bonds is 6. The van der Waals surface area contributed by atoms with Crippen molar-refractivity contribution in [3.8, 4) is 0 Å². The van der Waals surface area contributed by atoms with Crippen molar-refractivity contribution in [3.05, 3.63) is 34.9 Å². The highest BCUT2D eigenvalue weighted by atomic mass is 35.5. The number of carbonyl (C=O) groups excluding carboxylic acids is 1. The van der Waals surface area contributed by atoms with Crippen molar-refractivity contribution in [1.29, 1.82) is 0 Å². The number of aliphatic carboxylic acids is 1. The van der Waals surface area contributed by atoms with E-state index in [9.17, 15) is 9.59 Å². The highest BCUT2D eigenvalue weighted by molar-refractivity contribution is 7.99. The number of carboxylic acid groups (broad SMARTS) is 1. The van der Waals surface area contributed by atoms with Gasteiger partial charge in [-0.2, -0.15) is 0 Å². The number of benzene rings is 1. The van der Waals surface area contributed by atoms with Gasteiger partial charge in [0, 0.05) is 17.3 Å². The number of hydrogen-bond donors (Lipinski definition) is 1. The molecule has 1 N–H and O–H groups in total. The number of nitrogens with zero attached hydrogens (tertiary/aromatic N) is 1. The zero-order chi connectivity index (χ0) is 15.9. The van der Waals surface area contributed by atoms with E-state index in [-0.39, 0.29) is 25.0 Å². The van der Waals surface area contributed by atoms with Crippen LogP contribution in [0.4, 0.5) is 0 Å². The van der Waals surface area contributed by atoms with E-state index in [0.717, 1.165) is 5.56 Å². The second-order valence-electron chi connectivity index (χ2n) is 5.00. The molecule has 0 aliphatic carbocycles. The Morgan fingerprint density at radius 1 is 1.41 bits per heavy atom. The molecule has 0 bridgehead atoms. The lowest BCUT2D eigenvalue weighted by Gasteiger charge is -2.34. The summed E-state index contributed by atoms with van der Waals surface area (Å²) >= 11 is 7.56. The first-order chi connectivity index (χ1) is 10.6. The minimum absolute atomic E-state index is 0.0494. The Balaban J connectivity index is 1.85. The van der Waals surface area contributed by atoms with E-state index in [0.29, 0.717) is 29.7 Å². The van der Waals surface area contributed by atoms with Gasteiger partial charge >= 0.3 is 5.97 Å². The van der Waals surface area contributed by atoms with E-state index >= 15 is 0 Å². The number of hydrogen-bond acceptors (Lipinski definition) is 4. The van der Waals surface area contributed by atoms with E-state index < -0.39 is 5.97 Å². The maximum absolute atomic E-state index is 12.3. The highest BCUT2D eigenvalue weighted by Gasteiger charge is 2.28. The molecule has 7 heteroatoms. The Bertz CT molecular complexity index is 540. The standard InChI is InChI=1S/C15H18ClNO4S/c16-13-4-2-1-3-11(13)9-22-10-14(18)17-5-6-21-8-12(17)7-15(19)20/h1-4,12H,5-10H2,(H,19,20)/t12-/m0/s1. The van der Waals surface area contributed by atoms with Crippen LogP contribution in [-0.2, 0) is 20.1 Å². The van der Waals surface area contributed by atoms with Crippen molar-refractivity contribution in [1.82, 2.24) is 4.90 Å². The summed E-state index contributed by atoms with van der Waals surface area (Å²) in [6.45, 7) is 1.19. The number of thioether (sulfide) groups is 1. The average Bonchev–Trinajstić information content (AvgIpc) is 2.49. The third-order valence-electron chi connectivity index (χ3n) is 3.40. The van der Waals surface area contributed by atoms with Crippen LogP contribution in [0.3, 0.4) is 0 Å². The van der Waals surface area contributed by atoms with Crippen LogP contribution < -0.4 is 0 Å². The molecule has 120 valence electrons. The molecule has 1 heterocycles. The van der Waals surface area contributed by atoms with Crippen LogP contribution in [-0.4, -0.2) is 53.4 Å². The Labute approximate surface area is 138 Å². The molecule has 1 amide bonds. The normalized spacial score (nSPS) is 18.2. The summed E-state index contributed by atoms with van der Waals surface area (Å²) in [6.07, 6.45) is -0.0824. The monoisotopic (exact) mass is 343 g/mol. The molecule has 0 saturated carbocycles. The van der Waals surface area contributed by atoms with Crippen LogP contribution in [0.25, 0.3) is 0 Å². The molecule has 1 fully saturated rings. The molecule has 1 atom stereocenters. The molecule has 0 unspecified atom stereocenters. The summed E-state index contributed by atoms with van der Waals surface area (Å²) < 4.78 is 5.27. The van der Waals surface area contributed by atoms with E-state index in [1.807, 2.05) is 24.3 Å². The van der Waals surface area contributed by atoms with Crippen molar-refractivity contribution in [3.63, 3.8) is 0 Å². The number of carbonyl (C=O) groups is 2. The lowest BCUT2D eigenvalue weighted by Crippen LogP contribution is -2.50. The first-order valence-corrected chi connectivity index (χ1v) is 8.51. The van der Waals surface area contributed by atoms with Gasteiger partial charge in [0.1, 0.15) is 0 Å². The zero-order valence-corrected chi connectivity index (χ0v) is 13.6. The molecule has 1 aliphatic rings. The van der Waals surface area contributed by atoms with Crippen LogP contribution in [0.1, 0.15) is 12.0 Å². The van der Waals surface area contributed by atoms with Crippen molar-refractivity contribution in [2.24, 2.45) is 0 Å². The van der Waals surface area contributed by atoms with Gasteiger partial charge in [0.25, 0.3) is 0 Å². The SMILES string of the molecule is O=C(O)C[C@H]1COCCN1C(=O)CSCc1ccccc1Cl. The largest absolute Gasteiger partial charge is 0.481 e. The maximum Gasteiger partial charge on any atom is 0.305 e. The minimum atomic E-state index is -0.919. The quantitative estimate of drug-likeness (QED) is 0.858. The van der Waals surface area contributed by atoms with Gasteiger partial charge in [0.15, 0.2) is 0 Å². The van der Waals surface area contributed by atoms with Gasteiger partial charge in [-0.3, -0.25) is 9.59 Å². The number of morpholine rings is 1. The molecule has 1 saturated heterocycles. The predicted molar refractivity (Wildman–Crippen MR) is 86.2 cm³/mol. The lowest BCUT2D eigenvalue weighted by molar-refractivity contribution is -0.144. The molecule has 1 aliphatic heterocycles. The molecule has 22 heavy (non-hydrogen) atoms. The second-order valence-corrected chi connectivity index (χ2v) is 6.39. The molecule has 0 spiro atoms. The minimum Gasteiger partial charge on any atom is -0.481 e. The van der Waals surface area contributed by atoms with Gasteiger partial charge in [-0.25, -0.2) is 0 Å². The third kappa shape index (κ3) is 4.90. The predicted octanol–water partition coefficient (Wildman–Crippen LogP) is 2.28. The van der Waals surface area contributed by atoms with Crippen molar-refractivity contribution >= 4 is 35.2 Å². The molecule has 1 aromatic carbocycles. The van der Waals surface area contributed by atoms with E-state index in [1.165, 1.54) is 11.8 Å². The summed E-state index contributed by atoms with van der Waals surface area (Å²) in [7, 11) is 0. The van der Waals surface area contributed by atoms with Crippen LogP contribution in [0, 0.1) is 0 Å². The molecule has 0 aromatic heterocycles. The van der Waals surface area contributed by atoms with Gasteiger partial charge in [-0.1, -0.05) is 29.8 Å². The smallest absolute Gasteiger partial charge is 0.305 e. The van der Waals surface area contributed by atoms with Crippen molar-refractivity contribution in [2.75, 3.05) is 25.5 Å². The van der Waals surface area contributed by atoms with E-state index in [2.05, 4.69) is 0 Å². The fraction of sp³-hybridized carbons (Fsp3) is 0.467. The molecule has 2 rings (SSSR count). The van der Waals surface area contributed by atoms with Crippen LogP contribution in [0.5, 0.6) is 0 Å². The number of carboxylic acids is 1. The van der Waals surface area contributed by atoms with Gasteiger partial charge < -0.3 is 14.7 Å². The molecular formula is C15H18ClNO4S. The summed E-state index contributed by atoms with van der Waals surface area (Å²) in [6, 6.07) is 7.16. The number of amides is 1. The second kappa shape index (κ2) is 8.41. The van der Waals surface area contributed by atoms with Crippen LogP contribution in [0.15, 0.2) is 24.3 Å². The van der Waals surface area contributed by atoms with Crippen LogP contribution in [0.2, 0.25) is 5.02 Å². The lowest BCUT2D eigenvalue weighted by atomic mass is 10.1. The molecule has 0 radical (unpaired) electrons. The average molecular weight is 344 g/mol. The fourth-order valence-electron chi connectivity index (χ4n) is 2.30. The van der Waals surface area contributed by atoms with E-state index in [4.69, 9.17) is 21.4 Å². The summed E-state index contributed by atoms with van der Waals surface area (Å²) in [5.74, 6) is -0.00985. The van der Waals surface area contributed by atoms with Crippen molar-refractivity contribution in [2.45, 2.75) is 18.2 Å². The Morgan fingerprint density at radius 3 is 2.91 bits per heavy atom. The third-order valence-corrected chi connectivity index (χ3v) is 4.73. The molecular weight excluding hydrogens is 326 g/mol. The Morgan fingerprint density at radius 2 is 2.18 bits per heavy atom.